The predicted octanol–water partition coefficient (Wildman–Crippen LogP) is 6.20. The molecule has 3 heterocycles. The number of ether oxygens (including phenoxy) is 2. The molecule has 240 valence electrons. The average Bonchev–Trinajstić information content (AvgIpc) is 2.97. The van der Waals surface area contributed by atoms with Gasteiger partial charge in [0.15, 0.2) is 0 Å². The fourth-order valence-corrected chi connectivity index (χ4v) is 6.80. The molecule has 0 N–H and O–H groups in total. The van der Waals surface area contributed by atoms with Crippen molar-refractivity contribution in [3.63, 3.8) is 0 Å². The number of carbonyl (C=O) groups is 2. The van der Waals surface area contributed by atoms with Crippen molar-refractivity contribution in [3.8, 4) is 0 Å². The summed E-state index contributed by atoms with van der Waals surface area (Å²) < 4.78 is 11.6. The average molecular weight is 606 g/mol. The van der Waals surface area contributed by atoms with E-state index in [1.807, 2.05) is 58.7 Å². The number of aromatic nitrogens is 1. The van der Waals surface area contributed by atoms with Crippen LogP contribution in [-0.4, -0.2) is 88.4 Å². The van der Waals surface area contributed by atoms with E-state index in [0.29, 0.717) is 19.6 Å². The summed E-state index contributed by atoms with van der Waals surface area (Å²) in [5.41, 5.74) is 5.09. The molecule has 1 aromatic carbocycles. The highest BCUT2D eigenvalue weighted by Gasteiger charge is 2.38. The van der Waals surface area contributed by atoms with Crippen molar-refractivity contribution in [2.75, 3.05) is 44.2 Å². The van der Waals surface area contributed by atoms with E-state index in [-0.39, 0.29) is 24.3 Å². The Bertz CT molecular complexity index is 1330. The molecule has 2 aliphatic heterocycles. The van der Waals surface area contributed by atoms with E-state index in [1.54, 1.807) is 4.90 Å². The fraction of sp³-hybridized carbons (Fsp3) is 0.629. The minimum Gasteiger partial charge on any atom is -0.444 e. The third-order valence-electron chi connectivity index (χ3n) is 8.83. The summed E-state index contributed by atoms with van der Waals surface area (Å²) in [4.78, 5) is 39.9. The number of hydrogen-bond acceptors (Lipinski definition) is 7. The number of aryl methyl sites for hydroxylation is 1. The molecule has 2 amide bonds. The van der Waals surface area contributed by atoms with E-state index in [2.05, 4.69) is 41.0 Å². The fourth-order valence-electron chi connectivity index (χ4n) is 6.80. The molecule has 3 aliphatic rings. The maximum atomic E-state index is 13.7. The topological polar surface area (TPSA) is 78.5 Å². The van der Waals surface area contributed by atoms with Crippen molar-refractivity contribution in [1.29, 1.82) is 0 Å². The van der Waals surface area contributed by atoms with Crippen LogP contribution in [0, 0.1) is 0 Å². The van der Waals surface area contributed by atoms with Crippen LogP contribution >= 0.6 is 0 Å². The number of nitrogens with zero attached hydrogens (tertiary/aromatic N) is 5. The summed E-state index contributed by atoms with van der Waals surface area (Å²) in [6.07, 6.45) is 5.42. The molecular weight excluding hydrogens is 554 g/mol. The lowest BCUT2D eigenvalue weighted by molar-refractivity contribution is 0.00503. The molecule has 44 heavy (non-hydrogen) atoms. The molecule has 0 bridgehead atoms. The van der Waals surface area contributed by atoms with Gasteiger partial charge >= 0.3 is 12.2 Å². The summed E-state index contributed by atoms with van der Waals surface area (Å²) in [7, 11) is 0. The number of carbonyl (C=O) groups excluding carboxylic acids is 2. The highest BCUT2D eigenvalue weighted by molar-refractivity contribution is 5.71. The molecule has 0 radical (unpaired) electrons. The first-order chi connectivity index (χ1) is 20.8. The number of likely N-dealkylation sites (N-methyl/N-ethyl adjacent to an activating group) is 1. The van der Waals surface area contributed by atoms with Gasteiger partial charge in [0.25, 0.3) is 0 Å². The maximum Gasteiger partial charge on any atom is 0.410 e. The SMILES string of the molecule is CCN(C[C@H]1Cc2c(cccc2N2CCN(C(=O)OC(C)(C)C)CC2)CN1C(=O)OC(C)(C)C)[C@H]1CCCc2cccnc21. The van der Waals surface area contributed by atoms with Gasteiger partial charge in [0, 0.05) is 51.2 Å². The Morgan fingerprint density at radius 3 is 2.30 bits per heavy atom. The standard InChI is InChI=1S/C35H51N5O4/c1-8-37(30-16-9-12-25-14-11-17-36-31(25)30)24-27-22-28-26(23-40(27)33(42)44-35(5,6)7)13-10-15-29(28)38-18-20-39(21-19-38)32(41)43-34(2,3)4/h10-11,13-15,17,27,30H,8-9,12,16,18-24H2,1-7H3/t27-,30+/m1/s1. The Labute approximate surface area is 263 Å². The van der Waals surface area contributed by atoms with Crippen molar-refractivity contribution in [3.05, 3.63) is 58.9 Å². The molecule has 1 fully saturated rings. The summed E-state index contributed by atoms with van der Waals surface area (Å²) >= 11 is 0. The molecule has 9 nitrogen and oxygen atoms in total. The number of benzene rings is 1. The molecule has 0 saturated carbocycles. The normalized spacial score (nSPS) is 20.7. The lowest BCUT2D eigenvalue weighted by atomic mass is 9.88. The monoisotopic (exact) mass is 605 g/mol. The molecule has 1 aliphatic carbocycles. The van der Waals surface area contributed by atoms with Crippen LogP contribution in [0.25, 0.3) is 0 Å². The van der Waals surface area contributed by atoms with Gasteiger partial charge in [0.2, 0.25) is 0 Å². The van der Waals surface area contributed by atoms with E-state index in [9.17, 15) is 9.59 Å². The number of piperazine rings is 1. The van der Waals surface area contributed by atoms with Crippen molar-refractivity contribution in [2.24, 2.45) is 0 Å². The zero-order chi connectivity index (χ0) is 31.6. The van der Waals surface area contributed by atoms with Gasteiger partial charge in [-0.05, 0) is 103 Å². The Morgan fingerprint density at radius 2 is 1.61 bits per heavy atom. The van der Waals surface area contributed by atoms with Crippen molar-refractivity contribution in [2.45, 2.75) is 104 Å². The third kappa shape index (κ3) is 7.48. The second-order valence-corrected chi connectivity index (χ2v) is 14.4. The summed E-state index contributed by atoms with van der Waals surface area (Å²) in [5, 5.41) is 0. The van der Waals surface area contributed by atoms with E-state index in [4.69, 9.17) is 14.5 Å². The molecule has 5 rings (SSSR count). The van der Waals surface area contributed by atoms with Crippen LogP contribution in [0.15, 0.2) is 36.5 Å². The molecule has 1 saturated heterocycles. The first-order valence-corrected chi connectivity index (χ1v) is 16.3. The van der Waals surface area contributed by atoms with Gasteiger partial charge in [-0.2, -0.15) is 0 Å². The number of rotatable bonds is 5. The lowest BCUT2D eigenvalue weighted by Gasteiger charge is -2.44. The number of fused-ring (bicyclic) bond motifs is 2. The van der Waals surface area contributed by atoms with Gasteiger partial charge < -0.3 is 19.3 Å². The molecule has 0 spiro atoms. The number of pyridine rings is 1. The Hall–Kier alpha value is -3.33. The third-order valence-corrected chi connectivity index (χ3v) is 8.83. The zero-order valence-corrected chi connectivity index (χ0v) is 27.8. The van der Waals surface area contributed by atoms with Crippen LogP contribution in [-0.2, 0) is 28.9 Å². The Kier molecular flexibility index (Phi) is 9.44. The van der Waals surface area contributed by atoms with E-state index < -0.39 is 11.2 Å². The molecule has 2 atom stereocenters. The summed E-state index contributed by atoms with van der Waals surface area (Å²) in [6, 6.07) is 10.9. The maximum absolute atomic E-state index is 13.7. The predicted molar refractivity (Wildman–Crippen MR) is 173 cm³/mol. The van der Waals surface area contributed by atoms with E-state index >= 15 is 0 Å². The smallest absolute Gasteiger partial charge is 0.410 e. The van der Waals surface area contributed by atoms with Gasteiger partial charge in [-0.25, -0.2) is 9.59 Å². The first-order valence-electron chi connectivity index (χ1n) is 16.3. The first kappa shape index (κ1) is 32.1. The van der Waals surface area contributed by atoms with Gasteiger partial charge in [0.05, 0.1) is 17.8 Å². The second kappa shape index (κ2) is 13.0. The molecule has 0 unspecified atom stereocenters. The largest absolute Gasteiger partial charge is 0.444 e. The van der Waals surface area contributed by atoms with Crippen molar-refractivity contribution < 1.29 is 19.1 Å². The van der Waals surface area contributed by atoms with Crippen LogP contribution in [0.5, 0.6) is 0 Å². The molecule has 2 aromatic rings. The molecule has 1 aromatic heterocycles. The highest BCUT2D eigenvalue weighted by Crippen LogP contribution is 2.37. The zero-order valence-electron chi connectivity index (χ0n) is 27.8. The summed E-state index contributed by atoms with van der Waals surface area (Å²) in [6.45, 7) is 18.5. The van der Waals surface area contributed by atoms with Crippen molar-refractivity contribution >= 4 is 17.9 Å². The molecule has 9 heteroatoms. The van der Waals surface area contributed by atoms with E-state index in [1.165, 1.54) is 22.5 Å². The van der Waals surface area contributed by atoms with Crippen LogP contribution in [0.3, 0.4) is 0 Å². The van der Waals surface area contributed by atoms with Crippen LogP contribution in [0.4, 0.5) is 15.3 Å². The highest BCUT2D eigenvalue weighted by atomic mass is 16.6. The Balaban J connectivity index is 1.39. The number of amides is 2. The van der Waals surface area contributed by atoms with Crippen molar-refractivity contribution in [1.82, 2.24) is 19.7 Å². The lowest BCUT2D eigenvalue weighted by Crippen LogP contribution is -2.53. The van der Waals surface area contributed by atoms with Gasteiger partial charge in [-0.1, -0.05) is 25.1 Å². The second-order valence-electron chi connectivity index (χ2n) is 14.4. The Morgan fingerprint density at radius 1 is 0.932 bits per heavy atom. The van der Waals surface area contributed by atoms with Crippen LogP contribution < -0.4 is 4.90 Å². The van der Waals surface area contributed by atoms with Crippen LogP contribution in [0.1, 0.15) is 89.7 Å². The van der Waals surface area contributed by atoms with Gasteiger partial charge in [0.1, 0.15) is 11.2 Å². The minimum atomic E-state index is -0.575. The van der Waals surface area contributed by atoms with E-state index in [0.717, 1.165) is 57.4 Å². The minimum absolute atomic E-state index is 0.0457. The summed E-state index contributed by atoms with van der Waals surface area (Å²) in [5.74, 6) is 0. The van der Waals surface area contributed by atoms with Gasteiger partial charge in [-0.3, -0.25) is 14.8 Å². The number of hydrogen-bond donors (Lipinski definition) is 0. The van der Waals surface area contributed by atoms with Gasteiger partial charge in [-0.15, -0.1) is 0 Å². The number of anilines is 1. The van der Waals surface area contributed by atoms with Crippen LogP contribution in [0.2, 0.25) is 0 Å². The quantitative estimate of drug-likeness (QED) is 0.402. The molecular formula is C35H51N5O4.